The number of nitrogens with zero attached hydrogens (tertiary/aromatic N) is 1. The minimum atomic E-state index is -0.229. The molecule has 1 atom stereocenters. The van der Waals surface area contributed by atoms with E-state index in [1.165, 1.54) is 0 Å². The third-order valence-electron chi connectivity index (χ3n) is 2.03. The van der Waals surface area contributed by atoms with E-state index >= 15 is 0 Å². The van der Waals surface area contributed by atoms with Crippen LogP contribution < -0.4 is 5.43 Å². The zero-order valence-electron chi connectivity index (χ0n) is 7.62. The number of morpholine rings is 1. The standard InChI is InChI=1S/C8H18N2O2/c1-2-8(11)7-9-10-3-5-12-6-4-10/h8-9,11H,2-7H2,1H3. The van der Waals surface area contributed by atoms with E-state index in [1.54, 1.807) is 0 Å². The van der Waals surface area contributed by atoms with Crippen molar-refractivity contribution in [3.05, 3.63) is 0 Å². The number of aliphatic hydroxyl groups is 1. The molecule has 1 rings (SSSR count). The van der Waals surface area contributed by atoms with E-state index in [0.717, 1.165) is 32.7 Å². The number of rotatable bonds is 4. The van der Waals surface area contributed by atoms with Gasteiger partial charge in [0.05, 0.1) is 19.3 Å². The zero-order valence-corrected chi connectivity index (χ0v) is 7.62. The van der Waals surface area contributed by atoms with Crippen molar-refractivity contribution < 1.29 is 9.84 Å². The van der Waals surface area contributed by atoms with Gasteiger partial charge in [-0.1, -0.05) is 6.92 Å². The first-order valence-electron chi connectivity index (χ1n) is 4.57. The molecule has 0 amide bonds. The van der Waals surface area contributed by atoms with Gasteiger partial charge in [0.25, 0.3) is 0 Å². The molecule has 1 unspecified atom stereocenters. The average Bonchev–Trinajstić information content (AvgIpc) is 2.16. The van der Waals surface area contributed by atoms with Crippen LogP contribution in [0.5, 0.6) is 0 Å². The molecule has 4 heteroatoms. The molecule has 0 radical (unpaired) electrons. The second-order valence-corrected chi connectivity index (χ2v) is 3.02. The Labute approximate surface area is 73.5 Å². The van der Waals surface area contributed by atoms with Gasteiger partial charge in [0.2, 0.25) is 0 Å². The minimum absolute atomic E-state index is 0.229. The molecule has 0 aromatic heterocycles. The van der Waals surface area contributed by atoms with Crippen LogP contribution in [0.3, 0.4) is 0 Å². The topological polar surface area (TPSA) is 44.7 Å². The molecular formula is C8H18N2O2. The number of hydrazine groups is 1. The Morgan fingerprint density at radius 2 is 2.17 bits per heavy atom. The Bertz CT molecular complexity index is 116. The van der Waals surface area contributed by atoms with Crippen LogP contribution in [0.25, 0.3) is 0 Å². The smallest absolute Gasteiger partial charge is 0.0676 e. The maximum absolute atomic E-state index is 9.27. The highest BCUT2D eigenvalue weighted by Crippen LogP contribution is 1.93. The monoisotopic (exact) mass is 174 g/mol. The van der Waals surface area contributed by atoms with Crippen molar-refractivity contribution in [3.8, 4) is 0 Å². The lowest BCUT2D eigenvalue weighted by molar-refractivity contribution is 0.00307. The minimum Gasteiger partial charge on any atom is -0.392 e. The van der Waals surface area contributed by atoms with Crippen LogP contribution in [0, 0.1) is 0 Å². The number of aliphatic hydroxyl groups excluding tert-OH is 1. The van der Waals surface area contributed by atoms with E-state index in [9.17, 15) is 5.11 Å². The fraction of sp³-hybridized carbons (Fsp3) is 1.00. The van der Waals surface area contributed by atoms with Crippen LogP contribution in [0.15, 0.2) is 0 Å². The van der Waals surface area contributed by atoms with E-state index in [4.69, 9.17) is 4.74 Å². The van der Waals surface area contributed by atoms with Crippen LogP contribution in [0.1, 0.15) is 13.3 Å². The molecule has 0 saturated carbocycles. The van der Waals surface area contributed by atoms with Crippen molar-refractivity contribution in [2.24, 2.45) is 0 Å². The summed E-state index contributed by atoms with van der Waals surface area (Å²) < 4.78 is 5.19. The van der Waals surface area contributed by atoms with E-state index in [1.807, 2.05) is 6.92 Å². The molecule has 12 heavy (non-hydrogen) atoms. The summed E-state index contributed by atoms with van der Waals surface area (Å²) >= 11 is 0. The van der Waals surface area contributed by atoms with Gasteiger partial charge >= 0.3 is 0 Å². The fourth-order valence-electron chi connectivity index (χ4n) is 1.10. The summed E-state index contributed by atoms with van der Waals surface area (Å²) in [5.74, 6) is 0. The summed E-state index contributed by atoms with van der Waals surface area (Å²) in [5.41, 5.74) is 3.18. The first kappa shape index (κ1) is 9.92. The lowest BCUT2D eigenvalue weighted by Gasteiger charge is -2.28. The molecule has 0 bridgehead atoms. The Morgan fingerprint density at radius 3 is 2.75 bits per heavy atom. The molecule has 1 aliphatic rings. The van der Waals surface area contributed by atoms with E-state index in [-0.39, 0.29) is 6.10 Å². The van der Waals surface area contributed by atoms with Crippen molar-refractivity contribution in [1.82, 2.24) is 10.4 Å². The van der Waals surface area contributed by atoms with Gasteiger partial charge in [-0.15, -0.1) is 0 Å². The first-order chi connectivity index (χ1) is 5.83. The summed E-state index contributed by atoms with van der Waals surface area (Å²) in [6, 6.07) is 0. The van der Waals surface area contributed by atoms with Gasteiger partial charge in [-0.05, 0) is 6.42 Å². The summed E-state index contributed by atoms with van der Waals surface area (Å²) in [6.45, 7) is 6.03. The van der Waals surface area contributed by atoms with E-state index in [0.29, 0.717) is 6.54 Å². The quantitative estimate of drug-likeness (QED) is 0.608. The number of nitrogens with one attached hydrogen (secondary N) is 1. The van der Waals surface area contributed by atoms with Gasteiger partial charge in [0, 0.05) is 19.6 Å². The van der Waals surface area contributed by atoms with Crippen molar-refractivity contribution >= 4 is 0 Å². The van der Waals surface area contributed by atoms with Crippen molar-refractivity contribution in [3.63, 3.8) is 0 Å². The zero-order chi connectivity index (χ0) is 8.81. The lowest BCUT2D eigenvalue weighted by Crippen LogP contribution is -2.48. The highest BCUT2D eigenvalue weighted by atomic mass is 16.5. The molecule has 0 spiro atoms. The summed E-state index contributed by atoms with van der Waals surface area (Å²) in [6.07, 6.45) is 0.574. The van der Waals surface area contributed by atoms with Crippen molar-refractivity contribution in [2.75, 3.05) is 32.8 Å². The van der Waals surface area contributed by atoms with E-state index < -0.39 is 0 Å². The largest absolute Gasteiger partial charge is 0.392 e. The predicted molar refractivity (Wildman–Crippen MR) is 46.7 cm³/mol. The van der Waals surface area contributed by atoms with Crippen LogP contribution in [-0.4, -0.2) is 49.1 Å². The van der Waals surface area contributed by atoms with Crippen LogP contribution in [-0.2, 0) is 4.74 Å². The van der Waals surface area contributed by atoms with Gasteiger partial charge in [0.15, 0.2) is 0 Å². The maximum Gasteiger partial charge on any atom is 0.0676 e. The average molecular weight is 174 g/mol. The molecule has 1 aliphatic heterocycles. The summed E-state index contributed by atoms with van der Waals surface area (Å²) in [7, 11) is 0. The molecule has 72 valence electrons. The van der Waals surface area contributed by atoms with Gasteiger partial charge in [-0.25, -0.2) is 5.01 Å². The van der Waals surface area contributed by atoms with Crippen molar-refractivity contribution in [2.45, 2.75) is 19.4 Å². The molecule has 2 N–H and O–H groups in total. The second kappa shape index (κ2) is 5.48. The SMILES string of the molecule is CCC(O)CNN1CCOCC1. The third kappa shape index (κ3) is 3.49. The van der Waals surface area contributed by atoms with Gasteiger partial charge in [-0.2, -0.15) is 0 Å². The molecule has 1 heterocycles. The lowest BCUT2D eigenvalue weighted by atomic mass is 10.3. The molecule has 1 saturated heterocycles. The molecule has 1 fully saturated rings. The Kier molecular flexibility index (Phi) is 4.53. The normalized spacial score (nSPS) is 22.5. The molecule has 0 aromatic carbocycles. The van der Waals surface area contributed by atoms with Crippen LogP contribution in [0.4, 0.5) is 0 Å². The third-order valence-corrected chi connectivity index (χ3v) is 2.03. The summed E-state index contributed by atoms with van der Waals surface area (Å²) in [4.78, 5) is 0. The Morgan fingerprint density at radius 1 is 1.50 bits per heavy atom. The second-order valence-electron chi connectivity index (χ2n) is 3.02. The predicted octanol–water partition coefficient (Wildman–Crippen LogP) is -0.406. The maximum atomic E-state index is 9.27. The van der Waals surface area contributed by atoms with Gasteiger partial charge in [0.1, 0.15) is 0 Å². The van der Waals surface area contributed by atoms with Gasteiger partial charge in [-0.3, -0.25) is 5.43 Å². The fourth-order valence-corrected chi connectivity index (χ4v) is 1.10. The number of hydrogen-bond donors (Lipinski definition) is 2. The van der Waals surface area contributed by atoms with Crippen molar-refractivity contribution in [1.29, 1.82) is 0 Å². The summed E-state index contributed by atoms with van der Waals surface area (Å²) in [5, 5.41) is 11.4. The number of hydrogen-bond acceptors (Lipinski definition) is 4. The first-order valence-corrected chi connectivity index (χ1v) is 4.57. The highest BCUT2D eigenvalue weighted by molar-refractivity contribution is 4.60. The van der Waals surface area contributed by atoms with E-state index in [2.05, 4.69) is 10.4 Å². The van der Waals surface area contributed by atoms with Crippen LogP contribution in [0.2, 0.25) is 0 Å². The molecule has 0 aliphatic carbocycles. The molecule has 0 aromatic rings. The molecule has 4 nitrogen and oxygen atoms in total. The Balaban J connectivity index is 2.05. The molecular weight excluding hydrogens is 156 g/mol. The van der Waals surface area contributed by atoms with Crippen LogP contribution >= 0.6 is 0 Å². The number of ether oxygens (including phenoxy) is 1. The van der Waals surface area contributed by atoms with Gasteiger partial charge < -0.3 is 9.84 Å². The Hall–Kier alpha value is -0.160. The highest BCUT2D eigenvalue weighted by Gasteiger charge is 2.10.